The van der Waals surface area contributed by atoms with E-state index in [-0.39, 0.29) is 11.7 Å². The Labute approximate surface area is 143 Å². The Morgan fingerprint density at radius 3 is 2.67 bits per heavy atom. The second-order valence-corrected chi connectivity index (χ2v) is 5.95. The number of anilines is 1. The lowest BCUT2D eigenvalue weighted by molar-refractivity contribution is -0.118. The molecule has 0 saturated carbocycles. The van der Waals surface area contributed by atoms with Crippen molar-refractivity contribution in [3.63, 3.8) is 0 Å². The van der Waals surface area contributed by atoms with Gasteiger partial charge in [0.1, 0.15) is 5.92 Å². The molecule has 0 aliphatic rings. The number of carbonyl (C=O) groups excluding carboxylic acids is 1. The van der Waals surface area contributed by atoms with Gasteiger partial charge in [-0.3, -0.25) is 4.79 Å². The molecule has 1 amide bonds. The zero-order valence-corrected chi connectivity index (χ0v) is 14.2. The molecule has 0 aliphatic carbocycles. The highest BCUT2D eigenvalue weighted by atomic mass is 32.1. The molecule has 1 heterocycles. The Morgan fingerprint density at radius 2 is 2.08 bits per heavy atom. The van der Waals surface area contributed by atoms with Crippen molar-refractivity contribution in [2.75, 3.05) is 19.5 Å². The maximum Gasteiger partial charge on any atom is 0.235 e. The molecular formula is C16H19N3O4S. The van der Waals surface area contributed by atoms with Crippen molar-refractivity contribution in [1.29, 1.82) is 0 Å². The summed E-state index contributed by atoms with van der Waals surface area (Å²) in [5.74, 6) is -0.231. The third kappa shape index (κ3) is 4.17. The van der Waals surface area contributed by atoms with E-state index in [1.54, 1.807) is 18.2 Å². The number of thiophene rings is 1. The lowest BCUT2D eigenvalue weighted by atomic mass is 10.0. The van der Waals surface area contributed by atoms with Crippen LogP contribution < -0.4 is 20.5 Å². The second-order valence-electron chi connectivity index (χ2n) is 4.92. The van der Waals surface area contributed by atoms with E-state index in [9.17, 15) is 4.79 Å². The van der Waals surface area contributed by atoms with Gasteiger partial charge in [-0.1, -0.05) is 11.2 Å². The average molecular weight is 349 g/mol. The number of hydrogen-bond donors (Lipinski definition) is 3. The van der Waals surface area contributed by atoms with E-state index in [4.69, 9.17) is 20.4 Å². The number of nitrogens with one attached hydrogen (secondary N) is 1. The van der Waals surface area contributed by atoms with Crippen LogP contribution in [0.5, 0.6) is 11.5 Å². The lowest BCUT2D eigenvalue weighted by Gasteiger charge is -2.16. The summed E-state index contributed by atoms with van der Waals surface area (Å²) in [6.07, 6.45) is 0.354. The van der Waals surface area contributed by atoms with Crippen LogP contribution in [0.2, 0.25) is 0 Å². The number of oxime groups is 1. The predicted molar refractivity (Wildman–Crippen MR) is 93.1 cm³/mol. The summed E-state index contributed by atoms with van der Waals surface area (Å²) in [7, 11) is 3.05. The van der Waals surface area contributed by atoms with Crippen LogP contribution in [0, 0.1) is 5.92 Å². The third-order valence-electron chi connectivity index (χ3n) is 3.43. The number of nitrogens with zero attached hydrogens (tertiary/aromatic N) is 1. The van der Waals surface area contributed by atoms with Gasteiger partial charge in [0, 0.05) is 23.1 Å². The Kier molecular flexibility index (Phi) is 6.02. The van der Waals surface area contributed by atoms with Gasteiger partial charge < -0.3 is 25.7 Å². The van der Waals surface area contributed by atoms with Crippen LogP contribution in [0.25, 0.3) is 0 Å². The van der Waals surface area contributed by atoms with Gasteiger partial charge in [-0.2, -0.15) is 0 Å². The Bertz CT molecular complexity index is 716. The maximum atomic E-state index is 12.5. The maximum absolute atomic E-state index is 12.5. The second kappa shape index (κ2) is 8.21. The van der Waals surface area contributed by atoms with Crippen LogP contribution in [0.15, 0.2) is 40.9 Å². The number of amides is 1. The molecule has 0 saturated heterocycles. The normalized spacial score (nSPS) is 12.5. The molecule has 4 N–H and O–H groups in total. The van der Waals surface area contributed by atoms with Crippen LogP contribution in [0.3, 0.4) is 0 Å². The minimum atomic E-state index is -0.776. The monoisotopic (exact) mass is 349 g/mol. The molecule has 0 bridgehead atoms. The smallest absolute Gasteiger partial charge is 0.235 e. The molecule has 0 aliphatic heterocycles. The summed E-state index contributed by atoms with van der Waals surface area (Å²) in [5.41, 5.74) is 6.22. The van der Waals surface area contributed by atoms with E-state index in [0.29, 0.717) is 23.6 Å². The predicted octanol–water partition coefficient (Wildman–Crippen LogP) is 2.31. The number of amidine groups is 1. The third-order valence-corrected chi connectivity index (χ3v) is 4.32. The Balaban J connectivity index is 2.18. The van der Waals surface area contributed by atoms with Gasteiger partial charge in [0.05, 0.1) is 14.2 Å². The first-order valence-electron chi connectivity index (χ1n) is 7.11. The number of rotatable bonds is 7. The first kappa shape index (κ1) is 17.6. The quantitative estimate of drug-likeness (QED) is 0.308. The topological polar surface area (TPSA) is 106 Å². The molecular weight excluding hydrogens is 330 g/mol. The molecule has 1 aromatic heterocycles. The van der Waals surface area contributed by atoms with Gasteiger partial charge in [-0.05, 0) is 23.6 Å². The summed E-state index contributed by atoms with van der Waals surface area (Å²) >= 11 is 1.51. The SMILES string of the molecule is COc1ccc(NC(=O)[C@@H](Cc2cccs2)/C(N)=N\O)cc1OC. The molecule has 2 aromatic rings. The molecule has 0 fully saturated rings. The largest absolute Gasteiger partial charge is 0.493 e. The summed E-state index contributed by atoms with van der Waals surface area (Å²) in [5, 5.41) is 16.6. The van der Waals surface area contributed by atoms with Crippen LogP contribution in [-0.4, -0.2) is 31.2 Å². The van der Waals surface area contributed by atoms with Crippen molar-refractivity contribution in [2.45, 2.75) is 6.42 Å². The van der Waals surface area contributed by atoms with E-state index < -0.39 is 5.92 Å². The highest BCUT2D eigenvalue weighted by Gasteiger charge is 2.24. The van der Waals surface area contributed by atoms with Crippen LogP contribution in [0.1, 0.15) is 4.88 Å². The van der Waals surface area contributed by atoms with Crippen LogP contribution in [0.4, 0.5) is 5.69 Å². The van der Waals surface area contributed by atoms with Crippen LogP contribution in [-0.2, 0) is 11.2 Å². The van der Waals surface area contributed by atoms with Crippen LogP contribution >= 0.6 is 11.3 Å². The summed E-state index contributed by atoms with van der Waals surface area (Å²) in [4.78, 5) is 13.5. The molecule has 24 heavy (non-hydrogen) atoms. The van der Waals surface area contributed by atoms with E-state index >= 15 is 0 Å². The highest BCUT2D eigenvalue weighted by molar-refractivity contribution is 7.09. The van der Waals surface area contributed by atoms with Crippen molar-refractivity contribution >= 4 is 28.8 Å². The van der Waals surface area contributed by atoms with Gasteiger partial charge >= 0.3 is 0 Å². The fourth-order valence-corrected chi connectivity index (χ4v) is 2.93. The van der Waals surface area contributed by atoms with Gasteiger partial charge in [0.2, 0.25) is 5.91 Å². The first-order valence-corrected chi connectivity index (χ1v) is 7.99. The molecule has 0 spiro atoms. The van der Waals surface area contributed by atoms with E-state index in [0.717, 1.165) is 4.88 Å². The molecule has 2 rings (SSSR count). The standard InChI is InChI=1S/C16H19N3O4S/c1-22-13-6-5-10(8-14(13)23-2)18-16(20)12(15(17)19-21)9-11-4-3-7-24-11/h3-8,12,21H,9H2,1-2H3,(H2,17,19)(H,18,20)/t12-/m0/s1. The van der Waals surface area contributed by atoms with Crippen molar-refractivity contribution in [3.05, 3.63) is 40.6 Å². The highest BCUT2D eigenvalue weighted by Crippen LogP contribution is 2.30. The van der Waals surface area contributed by atoms with Gasteiger partial charge in [-0.25, -0.2) is 0 Å². The number of carbonyl (C=O) groups is 1. The summed E-state index contributed by atoms with van der Waals surface area (Å²) < 4.78 is 10.4. The zero-order valence-electron chi connectivity index (χ0n) is 13.4. The molecule has 0 radical (unpaired) electrons. The molecule has 7 nitrogen and oxygen atoms in total. The lowest BCUT2D eigenvalue weighted by Crippen LogP contribution is -2.36. The number of hydrogen-bond acceptors (Lipinski definition) is 6. The van der Waals surface area contributed by atoms with Crippen molar-refractivity contribution in [2.24, 2.45) is 16.8 Å². The molecule has 1 aromatic carbocycles. The fraction of sp³-hybridized carbons (Fsp3) is 0.250. The van der Waals surface area contributed by atoms with E-state index in [1.165, 1.54) is 25.6 Å². The Hall–Kier alpha value is -2.74. The number of benzene rings is 1. The molecule has 1 atom stereocenters. The van der Waals surface area contributed by atoms with E-state index in [1.807, 2.05) is 17.5 Å². The Morgan fingerprint density at radius 1 is 1.33 bits per heavy atom. The minimum absolute atomic E-state index is 0.138. The first-order chi connectivity index (χ1) is 11.6. The molecule has 0 unspecified atom stereocenters. The van der Waals surface area contributed by atoms with Crippen molar-refractivity contribution in [1.82, 2.24) is 0 Å². The number of nitrogens with two attached hydrogens (primary N) is 1. The van der Waals surface area contributed by atoms with Crippen molar-refractivity contribution in [3.8, 4) is 11.5 Å². The average Bonchev–Trinajstić information content (AvgIpc) is 3.11. The molecule has 128 valence electrons. The van der Waals surface area contributed by atoms with Gasteiger partial charge in [-0.15, -0.1) is 11.3 Å². The number of ether oxygens (including phenoxy) is 2. The van der Waals surface area contributed by atoms with Gasteiger partial charge in [0.15, 0.2) is 17.3 Å². The zero-order chi connectivity index (χ0) is 17.5. The van der Waals surface area contributed by atoms with E-state index in [2.05, 4.69) is 10.5 Å². The molecule has 8 heteroatoms. The van der Waals surface area contributed by atoms with Crippen molar-refractivity contribution < 1.29 is 19.5 Å². The fourth-order valence-electron chi connectivity index (χ4n) is 2.17. The number of methoxy groups -OCH3 is 2. The van der Waals surface area contributed by atoms with Gasteiger partial charge in [0.25, 0.3) is 0 Å². The summed E-state index contributed by atoms with van der Waals surface area (Å²) in [6.45, 7) is 0. The summed E-state index contributed by atoms with van der Waals surface area (Å²) in [6, 6.07) is 8.80. The minimum Gasteiger partial charge on any atom is -0.493 e.